The highest BCUT2D eigenvalue weighted by molar-refractivity contribution is 5.37. The van der Waals surface area contributed by atoms with Gasteiger partial charge in [0.2, 0.25) is 0 Å². The van der Waals surface area contributed by atoms with Crippen LogP contribution in [0.2, 0.25) is 0 Å². The van der Waals surface area contributed by atoms with Crippen molar-refractivity contribution in [3.05, 3.63) is 35.6 Å². The topological polar surface area (TPSA) is 33.3 Å². The summed E-state index contributed by atoms with van der Waals surface area (Å²) >= 11 is 0. The van der Waals surface area contributed by atoms with E-state index in [1.807, 2.05) is 6.08 Å². The summed E-state index contributed by atoms with van der Waals surface area (Å²) in [5, 5.41) is 6.84. The third-order valence-electron chi connectivity index (χ3n) is 2.98. The molecule has 3 heteroatoms. The van der Waals surface area contributed by atoms with E-state index >= 15 is 0 Å². The Morgan fingerprint density at radius 2 is 2.33 bits per heavy atom. The number of hydrogen-bond acceptors (Lipinski definition) is 3. The van der Waals surface area contributed by atoms with Crippen LogP contribution in [0, 0.1) is 0 Å². The minimum absolute atomic E-state index is 0.757. The van der Waals surface area contributed by atoms with E-state index in [-0.39, 0.29) is 0 Å². The summed E-state index contributed by atoms with van der Waals surface area (Å²) in [6.07, 6.45) is 6.06. The SMILES string of the molecule is C=C/C=C(/NCCOCCC)C1=C(C)CNCC1. The number of rotatable bonds is 8. The van der Waals surface area contributed by atoms with Gasteiger partial charge in [-0.25, -0.2) is 0 Å². The third kappa shape index (κ3) is 5.07. The second-order valence-electron chi connectivity index (χ2n) is 4.54. The van der Waals surface area contributed by atoms with Crippen LogP contribution in [0.25, 0.3) is 0 Å². The lowest BCUT2D eigenvalue weighted by atomic mass is 9.99. The number of hydrogen-bond donors (Lipinski definition) is 2. The van der Waals surface area contributed by atoms with Crippen molar-refractivity contribution in [2.75, 3.05) is 32.8 Å². The highest BCUT2D eigenvalue weighted by Gasteiger charge is 2.12. The van der Waals surface area contributed by atoms with Gasteiger partial charge in [0.25, 0.3) is 0 Å². The molecule has 3 nitrogen and oxygen atoms in total. The Hall–Kier alpha value is -1.06. The van der Waals surface area contributed by atoms with Crippen molar-refractivity contribution in [2.24, 2.45) is 0 Å². The summed E-state index contributed by atoms with van der Waals surface area (Å²) in [7, 11) is 0. The van der Waals surface area contributed by atoms with Gasteiger partial charge < -0.3 is 15.4 Å². The fourth-order valence-corrected chi connectivity index (χ4v) is 2.06. The zero-order chi connectivity index (χ0) is 13.2. The van der Waals surface area contributed by atoms with E-state index in [4.69, 9.17) is 4.74 Å². The summed E-state index contributed by atoms with van der Waals surface area (Å²) < 4.78 is 5.48. The van der Waals surface area contributed by atoms with Crippen LogP contribution >= 0.6 is 0 Å². The molecule has 0 bridgehead atoms. The van der Waals surface area contributed by atoms with Crippen molar-refractivity contribution in [3.8, 4) is 0 Å². The molecular weight excluding hydrogens is 224 g/mol. The van der Waals surface area contributed by atoms with Gasteiger partial charge in [0.05, 0.1) is 6.61 Å². The molecule has 102 valence electrons. The summed E-state index contributed by atoms with van der Waals surface area (Å²) in [6.45, 7) is 12.6. The van der Waals surface area contributed by atoms with Crippen molar-refractivity contribution in [1.82, 2.24) is 10.6 Å². The molecule has 18 heavy (non-hydrogen) atoms. The average molecular weight is 250 g/mol. The van der Waals surface area contributed by atoms with Crippen molar-refractivity contribution in [1.29, 1.82) is 0 Å². The minimum Gasteiger partial charge on any atom is -0.383 e. The fourth-order valence-electron chi connectivity index (χ4n) is 2.06. The van der Waals surface area contributed by atoms with Crippen LogP contribution in [0.15, 0.2) is 35.6 Å². The van der Waals surface area contributed by atoms with E-state index in [1.165, 1.54) is 16.8 Å². The van der Waals surface area contributed by atoms with Crippen LogP contribution in [0.1, 0.15) is 26.7 Å². The maximum atomic E-state index is 5.48. The van der Waals surface area contributed by atoms with Gasteiger partial charge >= 0.3 is 0 Å². The molecule has 2 N–H and O–H groups in total. The summed E-state index contributed by atoms with van der Waals surface area (Å²) in [4.78, 5) is 0. The molecule has 1 aliphatic heterocycles. The second kappa shape index (κ2) is 8.95. The van der Waals surface area contributed by atoms with Crippen LogP contribution in [0.3, 0.4) is 0 Å². The highest BCUT2D eigenvalue weighted by Crippen LogP contribution is 2.19. The van der Waals surface area contributed by atoms with Crippen LogP contribution in [0.4, 0.5) is 0 Å². The molecule has 0 aromatic rings. The Labute approximate surface area is 111 Å². The van der Waals surface area contributed by atoms with Crippen LogP contribution in [0.5, 0.6) is 0 Å². The van der Waals surface area contributed by atoms with Crippen molar-refractivity contribution >= 4 is 0 Å². The standard InChI is InChI=1S/C15H26N2O/c1-4-6-15(17-9-11-18-10-5-2)14-7-8-16-12-13(14)3/h4,6,16-17H,1,5,7-12H2,2-3H3/b15-6+. The Morgan fingerprint density at radius 3 is 3.00 bits per heavy atom. The van der Waals surface area contributed by atoms with Gasteiger partial charge in [-0.15, -0.1) is 0 Å². The first-order chi connectivity index (χ1) is 8.79. The van der Waals surface area contributed by atoms with Gasteiger partial charge in [-0.05, 0) is 38.0 Å². The van der Waals surface area contributed by atoms with E-state index in [0.29, 0.717) is 0 Å². The molecule has 1 rings (SSSR count). The molecule has 0 saturated heterocycles. The monoisotopic (exact) mass is 250 g/mol. The zero-order valence-electron chi connectivity index (χ0n) is 11.7. The van der Waals surface area contributed by atoms with Crippen molar-refractivity contribution in [2.45, 2.75) is 26.7 Å². The molecule has 0 saturated carbocycles. The molecule has 1 aliphatic rings. The molecule has 0 unspecified atom stereocenters. The maximum absolute atomic E-state index is 5.48. The van der Waals surface area contributed by atoms with E-state index < -0.39 is 0 Å². The molecule has 0 fully saturated rings. The van der Waals surface area contributed by atoms with E-state index in [9.17, 15) is 0 Å². The van der Waals surface area contributed by atoms with E-state index in [2.05, 4.69) is 37.1 Å². The molecule has 0 aliphatic carbocycles. The molecule has 0 aromatic heterocycles. The lowest BCUT2D eigenvalue weighted by molar-refractivity contribution is 0.138. The summed E-state index contributed by atoms with van der Waals surface area (Å²) in [6, 6.07) is 0. The zero-order valence-corrected chi connectivity index (χ0v) is 11.7. The van der Waals surface area contributed by atoms with Gasteiger partial charge in [-0.2, -0.15) is 0 Å². The van der Waals surface area contributed by atoms with Gasteiger partial charge in [-0.1, -0.05) is 25.2 Å². The Balaban J connectivity index is 2.50. The number of nitrogens with one attached hydrogen (secondary N) is 2. The smallest absolute Gasteiger partial charge is 0.0639 e. The molecule has 0 spiro atoms. The quantitative estimate of drug-likeness (QED) is 0.512. The second-order valence-corrected chi connectivity index (χ2v) is 4.54. The summed E-state index contributed by atoms with van der Waals surface area (Å²) in [5.41, 5.74) is 4.03. The van der Waals surface area contributed by atoms with Gasteiger partial charge in [0, 0.05) is 25.4 Å². The Morgan fingerprint density at radius 1 is 1.50 bits per heavy atom. The number of ether oxygens (including phenoxy) is 1. The highest BCUT2D eigenvalue weighted by atomic mass is 16.5. The lowest BCUT2D eigenvalue weighted by Crippen LogP contribution is -2.28. The molecular formula is C15H26N2O. The molecule has 0 atom stereocenters. The molecule has 0 radical (unpaired) electrons. The first-order valence-corrected chi connectivity index (χ1v) is 6.83. The van der Waals surface area contributed by atoms with Crippen LogP contribution in [-0.4, -0.2) is 32.8 Å². The van der Waals surface area contributed by atoms with Gasteiger partial charge in [-0.3, -0.25) is 0 Å². The molecule has 0 amide bonds. The van der Waals surface area contributed by atoms with Gasteiger partial charge in [0.1, 0.15) is 0 Å². The van der Waals surface area contributed by atoms with E-state index in [1.54, 1.807) is 0 Å². The predicted octanol–water partition coefficient (Wildman–Crippen LogP) is 2.38. The minimum atomic E-state index is 0.757. The third-order valence-corrected chi connectivity index (χ3v) is 2.98. The maximum Gasteiger partial charge on any atom is 0.0639 e. The Kier molecular flexibility index (Phi) is 7.46. The number of allylic oxidation sites excluding steroid dienone is 3. The normalized spacial score (nSPS) is 16.9. The Bertz CT molecular complexity index is 318. The van der Waals surface area contributed by atoms with Crippen LogP contribution in [-0.2, 0) is 4.74 Å². The van der Waals surface area contributed by atoms with Gasteiger partial charge in [0.15, 0.2) is 0 Å². The van der Waals surface area contributed by atoms with Crippen molar-refractivity contribution < 1.29 is 4.74 Å². The fraction of sp³-hybridized carbons (Fsp3) is 0.600. The average Bonchev–Trinajstić information content (AvgIpc) is 2.38. The van der Waals surface area contributed by atoms with E-state index in [0.717, 1.165) is 45.7 Å². The van der Waals surface area contributed by atoms with Crippen molar-refractivity contribution in [3.63, 3.8) is 0 Å². The summed E-state index contributed by atoms with van der Waals surface area (Å²) in [5.74, 6) is 0. The predicted molar refractivity (Wildman–Crippen MR) is 77.6 cm³/mol. The largest absolute Gasteiger partial charge is 0.383 e. The molecule has 1 heterocycles. The first-order valence-electron chi connectivity index (χ1n) is 6.83. The van der Waals surface area contributed by atoms with Crippen LogP contribution < -0.4 is 10.6 Å². The first kappa shape index (κ1) is 15.0. The molecule has 0 aromatic carbocycles. The lowest BCUT2D eigenvalue weighted by Gasteiger charge is -2.22.